The van der Waals surface area contributed by atoms with Gasteiger partial charge in [0.25, 0.3) is 0 Å². The number of thiocarbonyl (C=S) groups is 1. The van der Waals surface area contributed by atoms with Gasteiger partial charge in [-0.3, -0.25) is 10.1 Å². The fourth-order valence-electron chi connectivity index (χ4n) is 2.96. The fraction of sp³-hybridized carbons (Fsp3) is 0.0870. The van der Waals surface area contributed by atoms with Crippen molar-refractivity contribution < 1.29 is 9.21 Å². The zero-order valence-electron chi connectivity index (χ0n) is 16.7. The second kappa shape index (κ2) is 9.01. The standard InChI is InChI=1S/C23H18ClN3O2S2/c1-13-3-4-14(2)21-20(13)26-23(31-21)27-22(30)25-19(28)12-10-17-9-11-18(29-17)15-5-7-16(24)8-6-15/h3-12H,1-2H3,(H2,25,26,27,28,30)/b12-10+. The maximum absolute atomic E-state index is 12.2. The van der Waals surface area contributed by atoms with Crippen LogP contribution in [0.15, 0.2) is 59.0 Å². The number of hydrogen-bond donors (Lipinski definition) is 2. The highest BCUT2D eigenvalue weighted by molar-refractivity contribution is 7.80. The third-order valence-corrected chi connectivity index (χ3v) is 6.12. The first-order valence-electron chi connectivity index (χ1n) is 9.41. The quantitative estimate of drug-likeness (QED) is 0.270. The van der Waals surface area contributed by atoms with Gasteiger partial charge in [-0.25, -0.2) is 4.98 Å². The molecule has 8 heteroatoms. The molecule has 2 aromatic carbocycles. The number of nitrogens with one attached hydrogen (secondary N) is 2. The summed E-state index contributed by atoms with van der Waals surface area (Å²) in [6.45, 7) is 4.06. The molecule has 1 amide bonds. The Kier molecular flexibility index (Phi) is 6.18. The van der Waals surface area contributed by atoms with E-state index in [2.05, 4.69) is 21.7 Å². The van der Waals surface area contributed by atoms with Gasteiger partial charge in [-0.05, 0) is 79.7 Å². The van der Waals surface area contributed by atoms with Crippen LogP contribution < -0.4 is 10.6 Å². The number of amides is 1. The van der Waals surface area contributed by atoms with E-state index in [4.69, 9.17) is 28.2 Å². The zero-order chi connectivity index (χ0) is 22.0. The number of aromatic nitrogens is 1. The van der Waals surface area contributed by atoms with Crippen LogP contribution in [0.5, 0.6) is 0 Å². The number of halogens is 1. The van der Waals surface area contributed by atoms with Gasteiger partial charge >= 0.3 is 0 Å². The number of anilines is 1. The molecule has 0 fully saturated rings. The lowest BCUT2D eigenvalue weighted by Gasteiger charge is -2.04. The van der Waals surface area contributed by atoms with E-state index < -0.39 is 0 Å². The second-order valence-corrected chi connectivity index (χ2v) is 8.73. The maximum atomic E-state index is 12.2. The van der Waals surface area contributed by atoms with Gasteiger partial charge in [0.1, 0.15) is 11.5 Å². The molecule has 0 bridgehead atoms. The van der Waals surface area contributed by atoms with Crippen LogP contribution in [-0.4, -0.2) is 16.0 Å². The summed E-state index contributed by atoms with van der Waals surface area (Å²) in [7, 11) is 0. The number of carbonyl (C=O) groups is 1. The molecule has 31 heavy (non-hydrogen) atoms. The van der Waals surface area contributed by atoms with Gasteiger partial charge in [0.05, 0.1) is 10.2 Å². The normalized spacial score (nSPS) is 11.2. The van der Waals surface area contributed by atoms with Gasteiger partial charge in [0.2, 0.25) is 5.91 Å². The molecule has 0 aliphatic carbocycles. The lowest BCUT2D eigenvalue weighted by Crippen LogP contribution is -2.32. The molecule has 5 nitrogen and oxygen atoms in total. The molecule has 0 aliphatic rings. The topological polar surface area (TPSA) is 67.2 Å². The SMILES string of the molecule is Cc1ccc(C)c2sc(NC(=S)NC(=O)/C=C/c3ccc(-c4ccc(Cl)cc4)o3)nc12. The van der Waals surface area contributed by atoms with Crippen molar-refractivity contribution in [2.24, 2.45) is 0 Å². The summed E-state index contributed by atoms with van der Waals surface area (Å²) in [6.07, 6.45) is 2.95. The van der Waals surface area contributed by atoms with E-state index in [1.807, 2.05) is 38.1 Å². The van der Waals surface area contributed by atoms with Crippen molar-refractivity contribution in [1.29, 1.82) is 0 Å². The predicted molar refractivity (Wildman–Crippen MR) is 132 cm³/mol. The maximum Gasteiger partial charge on any atom is 0.250 e. The van der Waals surface area contributed by atoms with Crippen LogP contribution in [0.1, 0.15) is 16.9 Å². The van der Waals surface area contributed by atoms with Crippen molar-refractivity contribution >= 4 is 67.6 Å². The first-order valence-corrected chi connectivity index (χ1v) is 11.0. The molecule has 0 atom stereocenters. The summed E-state index contributed by atoms with van der Waals surface area (Å²) in [5, 5.41) is 7.09. The average Bonchev–Trinajstić information content (AvgIpc) is 3.38. The van der Waals surface area contributed by atoms with E-state index >= 15 is 0 Å². The molecule has 4 rings (SSSR count). The van der Waals surface area contributed by atoms with E-state index in [0.29, 0.717) is 21.7 Å². The Labute approximate surface area is 193 Å². The van der Waals surface area contributed by atoms with E-state index in [1.54, 1.807) is 24.3 Å². The Morgan fingerprint density at radius 3 is 2.58 bits per heavy atom. The molecule has 0 saturated carbocycles. The largest absolute Gasteiger partial charge is 0.457 e. The van der Waals surface area contributed by atoms with Gasteiger partial charge < -0.3 is 9.73 Å². The summed E-state index contributed by atoms with van der Waals surface area (Å²) in [6, 6.07) is 15.1. The van der Waals surface area contributed by atoms with E-state index in [1.165, 1.54) is 17.4 Å². The third kappa shape index (κ3) is 5.02. The molecule has 2 N–H and O–H groups in total. The summed E-state index contributed by atoms with van der Waals surface area (Å²) in [5.41, 5.74) is 4.09. The molecule has 0 spiro atoms. The van der Waals surface area contributed by atoms with Crippen molar-refractivity contribution in [3.63, 3.8) is 0 Å². The van der Waals surface area contributed by atoms with Gasteiger partial charge in [-0.15, -0.1) is 0 Å². The number of furan rings is 1. The van der Waals surface area contributed by atoms with Crippen LogP contribution in [0.3, 0.4) is 0 Å². The molecule has 156 valence electrons. The molecule has 4 aromatic rings. The minimum Gasteiger partial charge on any atom is -0.457 e. The molecule has 0 radical (unpaired) electrons. The zero-order valence-corrected chi connectivity index (χ0v) is 19.1. The molecular weight excluding hydrogens is 450 g/mol. The predicted octanol–water partition coefficient (Wildman–Crippen LogP) is 6.35. The monoisotopic (exact) mass is 467 g/mol. The lowest BCUT2D eigenvalue weighted by molar-refractivity contribution is -0.115. The van der Waals surface area contributed by atoms with E-state index in [0.717, 1.165) is 26.9 Å². The van der Waals surface area contributed by atoms with Crippen LogP contribution >= 0.6 is 35.2 Å². The van der Waals surface area contributed by atoms with Crippen molar-refractivity contribution in [3.05, 3.63) is 76.5 Å². The highest BCUT2D eigenvalue weighted by Gasteiger charge is 2.10. The highest BCUT2D eigenvalue weighted by atomic mass is 35.5. The van der Waals surface area contributed by atoms with Gasteiger partial charge in [0, 0.05) is 16.7 Å². The summed E-state index contributed by atoms with van der Waals surface area (Å²) in [5.74, 6) is 0.877. The molecule has 0 unspecified atom stereocenters. The third-order valence-electron chi connectivity index (χ3n) is 4.55. The van der Waals surface area contributed by atoms with Crippen LogP contribution in [0.2, 0.25) is 5.02 Å². The summed E-state index contributed by atoms with van der Waals surface area (Å²) < 4.78 is 6.85. The molecule has 2 heterocycles. The highest BCUT2D eigenvalue weighted by Crippen LogP contribution is 2.30. The minimum absolute atomic E-state index is 0.185. The Morgan fingerprint density at radius 1 is 1.10 bits per heavy atom. The number of aryl methyl sites for hydroxylation is 2. The Bertz CT molecular complexity index is 1270. The number of fused-ring (bicyclic) bond motifs is 1. The van der Waals surface area contributed by atoms with Crippen molar-refractivity contribution in [2.45, 2.75) is 13.8 Å². The molecule has 0 aliphatic heterocycles. The number of benzene rings is 2. The molecule has 0 saturated heterocycles. The number of nitrogens with zero attached hydrogens (tertiary/aromatic N) is 1. The molecule has 2 aromatic heterocycles. The molecular formula is C23H18ClN3O2S2. The van der Waals surface area contributed by atoms with Crippen molar-refractivity contribution in [2.75, 3.05) is 5.32 Å². The van der Waals surface area contributed by atoms with Crippen molar-refractivity contribution in [1.82, 2.24) is 10.3 Å². The number of rotatable bonds is 4. The Morgan fingerprint density at radius 2 is 1.84 bits per heavy atom. The Hall–Kier alpha value is -3.00. The lowest BCUT2D eigenvalue weighted by atomic mass is 10.1. The second-order valence-electron chi connectivity index (χ2n) is 6.88. The van der Waals surface area contributed by atoms with Crippen LogP contribution in [-0.2, 0) is 4.79 Å². The number of hydrogen-bond acceptors (Lipinski definition) is 5. The minimum atomic E-state index is -0.365. The van der Waals surface area contributed by atoms with E-state index in [9.17, 15) is 4.79 Å². The van der Waals surface area contributed by atoms with Gasteiger partial charge in [0.15, 0.2) is 10.2 Å². The van der Waals surface area contributed by atoms with Crippen LogP contribution in [0.25, 0.3) is 27.6 Å². The fourth-order valence-corrected chi connectivity index (χ4v) is 4.37. The number of thiazole rings is 1. The van der Waals surface area contributed by atoms with Gasteiger partial charge in [-0.1, -0.05) is 35.1 Å². The number of carbonyl (C=O) groups excluding carboxylic acids is 1. The smallest absolute Gasteiger partial charge is 0.250 e. The summed E-state index contributed by atoms with van der Waals surface area (Å²) in [4.78, 5) is 16.8. The summed E-state index contributed by atoms with van der Waals surface area (Å²) >= 11 is 12.7. The van der Waals surface area contributed by atoms with Crippen LogP contribution in [0.4, 0.5) is 5.13 Å². The first kappa shape index (κ1) is 21.2. The van der Waals surface area contributed by atoms with Crippen molar-refractivity contribution in [3.8, 4) is 11.3 Å². The van der Waals surface area contributed by atoms with Crippen LogP contribution in [0, 0.1) is 13.8 Å². The van der Waals surface area contributed by atoms with E-state index in [-0.39, 0.29) is 11.0 Å². The first-order chi connectivity index (χ1) is 14.9. The average molecular weight is 468 g/mol. The Balaban J connectivity index is 1.37. The van der Waals surface area contributed by atoms with Gasteiger partial charge in [-0.2, -0.15) is 0 Å².